The second-order valence-corrected chi connectivity index (χ2v) is 4.19. The predicted octanol–water partition coefficient (Wildman–Crippen LogP) is 2.24. The number of aryl methyl sites for hydroxylation is 1. The van der Waals surface area contributed by atoms with Crippen molar-refractivity contribution in [3.8, 4) is 11.4 Å². The molecule has 6 nitrogen and oxygen atoms in total. The SMILES string of the molecule is O=C(O)CCc1nc(-c2ccc3cc[nH]c3c2)no1. The summed E-state index contributed by atoms with van der Waals surface area (Å²) in [7, 11) is 0. The standard InChI is InChI=1S/C13H11N3O3/c17-12(18)4-3-11-15-13(16-19-11)9-2-1-8-5-6-14-10(8)7-9/h1-2,5-7,14H,3-4H2,(H,17,18). The number of fused-ring (bicyclic) bond motifs is 1. The van der Waals surface area contributed by atoms with E-state index in [0.717, 1.165) is 16.5 Å². The highest BCUT2D eigenvalue weighted by molar-refractivity contribution is 5.83. The van der Waals surface area contributed by atoms with Crippen LogP contribution in [0, 0.1) is 0 Å². The molecule has 1 aromatic carbocycles. The normalized spacial score (nSPS) is 10.9. The van der Waals surface area contributed by atoms with Crippen molar-refractivity contribution in [2.24, 2.45) is 0 Å². The van der Waals surface area contributed by atoms with Gasteiger partial charge in [0, 0.05) is 23.7 Å². The van der Waals surface area contributed by atoms with Gasteiger partial charge in [0.2, 0.25) is 11.7 Å². The fraction of sp³-hybridized carbons (Fsp3) is 0.154. The molecule has 2 N–H and O–H groups in total. The molecule has 0 saturated carbocycles. The average molecular weight is 257 g/mol. The molecule has 0 spiro atoms. The number of aromatic amines is 1. The summed E-state index contributed by atoms with van der Waals surface area (Å²) in [5.74, 6) is -0.0755. The van der Waals surface area contributed by atoms with E-state index < -0.39 is 5.97 Å². The van der Waals surface area contributed by atoms with E-state index in [-0.39, 0.29) is 12.8 Å². The Hall–Kier alpha value is -2.63. The van der Waals surface area contributed by atoms with Crippen molar-refractivity contribution in [2.75, 3.05) is 0 Å². The zero-order valence-electron chi connectivity index (χ0n) is 9.96. The van der Waals surface area contributed by atoms with Crippen molar-refractivity contribution >= 4 is 16.9 Å². The fourth-order valence-corrected chi connectivity index (χ4v) is 1.87. The number of carboxylic acids is 1. The van der Waals surface area contributed by atoms with Crippen molar-refractivity contribution in [1.82, 2.24) is 15.1 Å². The predicted molar refractivity (Wildman–Crippen MR) is 67.5 cm³/mol. The lowest BCUT2D eigenvalue weighted by atomic mass is 10.1. The molecule has 0 amide bonds. The van der Waals surface area contributed by atoms with Crippen molar-refractivity contribution in [3.05, 3.63) is 36.4 Å². The first-order valence-corrected chi connectivity index (χ1v) is 5.84. The maximum absolute atomic E-state index is 10.5. The van der Waals surface area contributed by atoms with E-state index in [0.29, 0.717) is 11.7 Å². The number of carbonyl (C=O) groups is 1. The van der Waals surface area contributed by atoms with Gasteiger partial charge in [0.25, 0.3) is 0 Å². The third kappa shape index (κ3) is 2.33. The Morgan fingerprint density at radius 1 is 1.37 bits per heavy atom. The first-order valence-electron chi connectivity index (χ1n) is 5.84. The van der Waals surface area contributed by atoms with Crippen molar-refractivity contribution < 1.29 is 14.4 Å². The minimum atomic E-state index is -0.882. The summed E-state index contributed by atoms with van der Waals surface area (Å²) in [5.41, 5.74) is 1.83. The van der Waals surface area contributed by atoms with Crippen molar-refractivity contribution in [1.29, 1.82) is 0 Å². The third-order valence-corrected chi connectivity index (χ3v) is 2.83. The van der Waals surface area contributed by atoms with Crippen LogP contribution in [-0.4, -0.2) is 26.2 Å². The van der Waals surface area contributed by atoms with E-state index in [4.69, 9.17) is 9.63 Å². The van der Waals surface area contributed by atoms with Gasteiger partial charge < -0.3 is 14.6 Å². The number of nitrogens with one attached hydrogen (secondary N) is 1. The minimum Gasteiger partial charge on any atom is -0.481 e. The fourth-order valence-electron chi connectivity index (χ4n) is 1.87. The maximum Gasteiger partial charge on any atom is 0.303 e. The van der Waals surface area contributed by atoms with Gasteiger partial charge >= 0.3 is 5.97 Å². The molecule has 19 heavy (non-hydrogen) atoms. The van der Waals surface area contributed by atoms with Gasteiger partial charge in [-0.15, -0.1) is 0 Å². The zero-order valence-corrected chi connectivity index (χ0v) is 9.96. The Bertz CT molecular complexity index is 729. The zero-order chi connectivity index (χ0) is 13.2. The van der Waals surface area contributed by atoms with Gasteiger partial charge in [-0.2, -0.15) is 4.98 Å². The Morgan fingerprint density at radius 2 is 2.26 bits per heavy atom. The first-order chi connectivity index (χ1) is 9.22. The largest absolute Gasteiger partial charge is 0.481 e. The molecule has 0 unspecified atom stereocenters. The molecule has 2 aromatic heterocycles. The first kappa shape index (κ1) is 11.5. The lowest BCUT2D eigenvalue weighted by Gasteiger charge is -1.94. The van der Waals surface area contributed by atoms with Gasteiger partial charge in [-0.3, -0.25) is 4.79 Å². The Kier molecular flexibility index (Phi) is 2.75. The van der Waals surface area contributed by atoms with Crippen LogP contribution in [0.15, 0.2) is 35.0 Å². The van der Waals surface area contributed by atoms with Gasteiger partial charge in [0.05, 0.1) is 6.42 Å². The molecular formula is C13H11N3O3. The topological polar surface area (TPSA) is 92.0 Å². The van der Waals surface area contributed by atoms with Crippen LogP contribution in [0.4, 0.5) is 0 Å². The number of hydrogen-bond acceptors (Lipinski definition) is 4. The van der Waals surface area contributed by atoms with E-state index in [1.807, 2.05) is 30.5 Å². The van der Waals surface area contributed by atoms with Crippen LogP contribution in [-0.2, 0) is 11.2 Å². The molecule has 3 rings (SSSR count). The molecule has 2 heterocycles. The average Bonchev–Trinajstić information content (AvgIpc) is 3.04. The van der Waals surface area contributed by atoms with Gasteiger partial charge in [-0.1, -0.05) is 17.3 Å². The van der Waals surface area contributed by atoms with E-state index in [1.165, 1.54) is 0 Å². The van der Waals surface area contributed by atoms with Crippen LogP contribution >= 0.6 is 0 Å². The lowest BCUT2D eigenvalue weighted by Crippen LogP contribution is -1.97. The summed E-state index contributed by atoms with van der Waals surface area (Å²) >= 11 is 0. The maximum atomic E-state index is 10.5. The highest BCUT2D eigenvalue weighted by Gasteiger charge is 2.10. The van der Waals surface area contributed by atoms with Crippen LogP contribution in [0.3, 0.4) is 0 Å². The molecule has 0 bridgehead atoms. The molecule has 0 atom stereocenters. The number of benzene rings is 1. The van der Waals surface area contributed by atoms with Crippen LogP contribution in [0.25, 0.3) is 22.3 Å². The van der Waals surface area contributed by atoms with Crippen LogP contribution < -0.4 is 0 Å². The van der Waals surface area contributed by atoms with Gasteiger partial charge in [0.15, 0.2) is 0 Å². The molecular weight excluding hydrogens is 246 g/mol. The summed E-state index contributed by atoms with van der Waals surface area (Å²) < 4.78 is 5.03. The lowest BCUT2D eigenvalue weighted by molar-refractivity contribution is -0.137. The van der Waals surface area contributed by atoms with Gasteiger partial charge in [0.1, 0.15) is 0 Å². The van der Waals surface area contributed by atoms with E-state index >= 15 is 0 Å². The van der Waals surface area contributed by atoms with Gasteiger partial charge in [-0.25, -0.2) is 0 Å². The number of carboxylic acid groups (broad SMARTS) is 1. The molecule has 0 radical (unpaired) electrons. The number of H-pyrrole nitrogens is 1. The Balaban J connectivity index is 1.86. The summed E-state index contributed by atoms with van der Waals surface area (Å²) in [6.07, 6.45) is 2.09. The minimum absolute atomic E-state index is 0.0166. The molecule has 0 aliphatic rings. The molecule has 0 saturated heterocycles. The summed E-state index contributed by atoms with van der Waals surface area (Å²) in [5, 5.41) is 13.6. The number of aromatic nitrogens is 3. The van der Waals surface area contributed by atoms with Gasteiger partial charge in [-0.05, 0) is 17.5 Å². The summed E-state index contributed by atoms with van der Waals surface area (Å²) in [6, 6.07) is 7.78. The molecule has 0 fully saturated rings. The monoisotopic (exact) mass is 257 g/mol. The second kappa shape index (κ2) is 4.56. The van der Waals surface area contributed by atoms with Crippen LogP contribution in [0.2, 0.25) is 0 Å². The number of rotatable bonds is 4. The molecule has 0 aliphatic heterocycles. The quantitative estimate of drug-likeness (QED) is 0.747. The molecule has 3 aromatic rings. The number of aliphatic carboxylic acids is 1. The summed E-state index contributed by atoms with van der Waals surface area (Å²) in [6.45, 7) is 0. The number of nitrogens with zero attached hydrogens (tertiary/aromatic N) is 2. The van der Waals surface area contributed by atoms with E-state index in [1.54, 1.807) is 0 Å². The van der Waals surface area contributed by atoms with Crippen LogP contribution in [0.1, 0.15) is 12.3 Å². The smallest absolute Gasteiger partial charge is 0.303 e. The number of hydrogen-bond donors (Lipinski definition) is 2. The molecule has 0 aliphatic carbocycles. The highest BCUT2D eigenvalue weighted by Crippen LogP contribution is 2.21. The van der Waals surface area contributed by atoms with Crippen molar-refractivity contribution in [3.63, 3.8) is 0 Å². The van der Waals surface area contributed by atoms with E-state index in [9.17, 15) is 4.79 Å². The van der Waals surface area contributed by atoms with Crippen LogP contribution in [0.5, 0.6) is 0 Å². The Morgan fingerprint density at radius 3 is 3.11 bits per heavy atom. The molecule has 96 valence electrons. The molecule has 6 heteroatoms. The summed E-state index contributed by atoms with van der Waals surface area (Å²) in [4.78, 5) is 17.8. The van der Waals surface area contributed by atoms with Crippen molar-refractivity contribution in [2.45, 2.75) is 12.8 Å². The Labute approximate surface area is 108 Å². The highest BCUT2D eigenvalue weighted by atomic mass is 16.5. The second-order valence-electron chi connectivity index (χ2n) is 4.19. The van der Waals surface area contributed by atoms with E-state index in [2.05, 4.69) is 15.1 Å². The third-order valence-electron chi connectivity index (χ3n) is 2.83.